The molecular weight excluding hydrogens is 358 g/mol. The summed E-state index contributed by atoms with van der Waals surface area (Å²) in [6.07, 6.45) is 2.20. The molecule has 0 saturated heterocycles. The van der Waals surface area contributed by atoms with Crippen LogP contribution in [0, 0.1) is 0 Å². The highest BCUT2D eigenvalue weighted by atomic mass is 35.5. The fourth-order valence-electron chi connectivity index (χ4n) is 2.35. The molecule has 2 rings (SSSR count). The summed E-state index contributed by atoms with van der Waals surface area (Å²) >= 11 is 11.2. The predicted octanol–water partition coefficient (Wildman–Crippen LogP) is 4.39. The van der Waals surface area contributed by atoms with Gasteiger partial charge >= 0.3 is 0 Å². The number of hydrogen-bond donors (Lipinski definition) is 1. The van der Waals surface area contributed by atoms with Crippen LogP contribution >= 0.6 is 23.8 Å². The highest BCUT2D eigenvalue weighted by Gasteiger charge is 2.13. The van der Waals surface area contributed by atoms with Crippen LogP contribution in [0.1, 0.15) is 24.5 Å². The summed E-state index contributed by atoms with van der Waals surface area (Å²) in [5.74, 6) is 1.75. The summed E-state index contributed by atoms with van der Waals surface area (Å²) in [5.41, 5.74) is 7.57. The zero-order chi connectivity index (χ0) is 18.2. The van der Waals surface area contributed by atoms with Crippen molar-refractivity contribution in [1.29, 1.82) is 0 Å². The number of rotatable bonds is 9. The second-order valence-electron chi connectivity index (χ2n) is 5.44. The molecule has 0 aromatic heterocycles. The van der Waals surface area contributed by atoms with E-state index >= 15 is 0 Å². The number of halogens is 1. The van der Waals surface area contributed by atoms with Gasteiger partial charge in [-0.2, -0.15) is 0 Å². The Labute approximate surface area is 158 Å². The highest BCUT2D eigenvalue weighted by Crippen LogP contribution is 2.36. The normalized spacial score (nSPS) is 10.4. The molecule has 25 heavy (non-hydrogen) atoms. The summed E-state index contributed by atoms with van der Waals surface area (Å²) in [6, 6.07) is 11.5. The summed E-state index contributed by atoms with van der Waals surface area (Å²) in [4.78, 5) is 0.251. The summed E-state index contributed by atoms with van der Waals surface area (Å²) in [6.45, 7) is 2.89. The van der Waals surface area contributed by atoms with Crippen molar-refractivity contribution in [3.63, 3.8) is 0 Å². The zero-order valence-electron chi connectivity index (χ0n) is 14.4. The first-order valence-electron chi connectivity index (χ1n) is 8.07. The number of hydrogen-bond acceptors (Lipinski definition) is 4. The minimum absolute atomic E-state index is 0.251. The van der Waals surface area contributed by atoms with Crippen LogP contribution in [-0.4, -0.2) is 25.3 Å². The van der Waals surface area contributed by atoms with Crippen molar-refractivity contribution in [1.82, 2.24) is 0 Å². The molecule has 0 heterocycles. The van der Waals surface area contributed by atoms with E-state index in [0.29, 0.717) is 35.3 Å². The maximum absolute atomic E-state index is 6.24. The lowest BCUT2D eigenvalue weighted by molar-refractivity contribution is 0.211. The predicted molar refractivity (Wildman–Crippen MR) is 105 cm³/mol. The summed E-state index contributed by atoms with van der Waals surface area (Å²) < 4.78 is 16.7. The van der Waals surface area contributed by atoms with Crippen molar-refractivity contribution in [3.05, 3.63) is 52.5 Å². The van der Waals surface area contributed by atoms with E-state index in [9.17, 15) is 0 Å². The number of benzene rings is 2. The summed E-state index contributed by atoms with van der Waals surface area (Å²) in [7, 11) is 1.54. The van der Waals surface area contributed by atoms with Crippen LogP contribution in [0.2, 0.25) is 5.02 Å². The first-order valence-corrected chi connectivity index (χ1v) is 8.85. The first-order chi connectivity index (χ1) is 12.0. The second-order valence-corrected chi connectivity index (χ2v) is 6.29. The van der Waals surface area contributed by atoms with Gasteiger partial charge in [-0.1, -0.05) is 49.3 Å². The van der Waals surface area contributed by atoms with Crippen molar-refractivity contribution in [2.75, 3.05) is 20.3 Å². The van der Waals surface area contributed by atoms with Gasteiger partial charge in [-0.05, 0) is 36.2 Å². The molecule has 0 aliphatic carbocycles. The van der Waals surface area contributed by atoms with Crippen LogP contribution < -0.4 is 19.9 Å². The molecule has 0 aliphatic heterocycles. The van der Waals surface area contributed by atoms with Gasteiger partial charge in [-0.15, -0.1) is 0 Å². The number of ether oxygens (including phenoxy) is 3. The van der Waals surface area contributed by atoms with E-state index in [2.05, 4.69) is 19.1 Å². The van der Waals surface area contributed by atoms with Gasteiger partial charge in [0.1, 0.15) is 24.0 Å². The molecule has 0 fully saturated rings. The third-order valence-electron chi connectivity index (χ3n) is 3.57. The molecule has 0 bridgehead atoms. The molecule has 134 valence electrons. The van der Waals surface area contributed by atoms with Gasteiger partial charge in [-0.25, -0.2) is 0 Å². The third-order valence-corrected chi connectivity index (χ3v) is 4.09. The SMILES string of the molecule is CCCc1ccc(OCCOc2c(Cl)cc(C(N)=S)cc2OC)cc1. The third kappa shape index (κ3) is 5.51. The van der Waals surface area contributed by atoms with E-state index in [-0.39, 0.29) is 4.99 Å². The molecule has 2 aromatic carbocycles. The Bertz CT molecular complexity index is 719. The first kappa shape index (κ1) is 19.3. The van der Waals surface area contributed by atoms with Crippen LogP contribution in [0.5, 0.6) is 17.2 Å². The second kappa shape index (κ2) is 9.49. The Morgan fingerprint density at radius 1 is 1.12 bits per heavy atom. The van der Waals surface area contributed by atoms with Crippen molar-refractivity contribution in [2.45, 2.75) is 19.8 Å². The molecule has 0 spiro atoms. The maximum Gasteiger partial charge on any atom is 0.179 e. The smallest absolute Gasteiger partial charge is 0.179 e. The minimum Gasteiger partial charge on any atom is -0.493 e. The van der Waals surface area contributed by atoms with Gasteiger partial charge in [0.15, 0.2) is 11.5 Å². The molecule has 0 amide bonds. The van der Waals surface area contributed by atoms with Gasteiger partial charge in [0.2, 0.25) is 0 Å². The Kier molecular flexibility index (Phi) is 7.34. The van der Waals surface area contributed by atoms with Gasteiger partial charge in [0.25, 0.3) is 0 Å². The van der Waals surface area contributed by atoms with Crippen LogP contribution in [0.3, 0.4) is 0 Å². The fraction of sp³-hybridized carbons (Fsp3) is 0.316. The average Bonchev–Trinajstić information content (AvgIpc) is 2.60. The maximum atomic E-state index is 6.24. The Hall–Kier alpha value is -1.98. The quantitative estimate of drug-likeness (QED) is 0.517. The molecule has 2 aromatic rings. The van der Waals surface area contributed by atoms with E-state index < -0.39 is 0 Å². The van der Waals surface area contributed by atoms with E-state index in [1.54, 1.807) is 12.1 Å². The van der Waals surface area contributed by atoms with Crippen molar-refractivity contribution >= 4 is 28.8 Å². The van der Waals surface area contributed by atoms with Crippen molar-refractivity contribution in [2.24, 2.45) is 5.73 Å². The highest BCUT2D eigenvalue weighted by molar-refractivity contribution is 7.80. The standard InChI is InChI=1S/C19H22ClNO3S/c1-3-4-13-5-7-15(8-6-13)23-9-10-24-18-16(20)11-14(19(21)25)12-17(18)22-2/h5-8,11-12H,3-4,9-10H2,1-2H3,(H2,21,25). The van der Waals surface area contributed by atoms with Gasteiger partial charge in [0, 0.05) is 5.56 Å². The molecular formula is C19H22ClNO3S. The van der Waals surface area contributed by atoms with Gasteiger partial charge in [-0.3, -0.25) is 0 Å². The monoisotopic (exact) mass is 379 g/mol. The zero-order valence-corrected chi connectivity index (χ0v) is 16.0. The van der Waals surface area contributed by atoms with E-state index in [0.717, 1.165) is 18.6 Å². The Morgan fingerprint density at radius 2 is 1.80 bits per heavy atom. The molecule has 0 unspecified atom stereocenters. The number of thiocarbonyl (C=S) groups is 1. The number of aryl methyl sites for hydroxylation is 1. The lowest BCUT2D eigenvalue weighted by Gasteiger charge is -2.14. The van der Waals surface area contributed by atoms with Crippen LogP contribution in [0.4, 0.5) is 0 Å². The van der Waals surface area contributed by atoms with Gasteiger partial charge < -0.3 is 19.9 Å². The van der Waals surface area contributed by atoms with E-state index in [1.807, 2.05) is 12.1 Å². The molecule has 0 aliphatic rings. The van der Waals surface area contributed by atoms with Crippen molar-refractivity contribution < 1.29 is 14.2 Å². The topological polar surface area (TPSA) is 53.7 Å². The largest absolute Gasteiger partial charge is 0.493 e. The lowest BCUT2D eigenvalue weighted by atomic mass is 10.1. The fourth-order valence-corrected chi connectivity index (χ4v) is 2.73. The Morgan fingerprint density at radius 3 is 2.40 bits per heavy atom. The molecule has 6 heteroatoms. The molecule has 0 atom stereocenters. The van der Waals surface area contributed by atoms with E-state index in [4.69, 9.17) is 43.8 Å². The van der Waals surface area contributed by atoms with E-state index in [1.165, 1.54) is 12.7 Å². The Balaban J connectivity index is 1.92. The molecule has 4 nitrogen and oxygen atoms in total. The minimum atomic E-state index is 0.251. The van der Waals surface area contributed by atoms with Crippen LogP contribution in [0.15, 0.2) is 36.4 Å². The number of methoxy groups -OCH3 is 1. The molecule has 2 N–H and O–H groups in total. The summed E-state index contributed by atoms with van der Waals surface area (Å²) in [5, 5.41) is 0.395. The lowest BCUT2D eigenvalue weighted by Crippen LogP contribution is -2.12. The van der Waals surface area contributed by atoms with Crippen molar-refractivity contribution in [3.8, 4) is 17.2 Å². The molecule has 0 saturated carbocycles. The molecule has 0 radical (unpaired) electrons. The number of nitrogens with two attached hydrogens (primary N) is 1. The van der Waals surface area contributed by atoms with Crippen LogP contribution in [-0.2, 0) is 6.42 Å². The average molecular weight is 380 g/mol. The van der Waals surface area contributed by atoms with Crippen LogP contribution in [0.25, 0.3) is 0 Å². The van der Waals surface area contributed by atoms with Gasteiger partial charge in [0.05, 0.1) is 12.1 Å².